The fraction of sp³-hybridized carbons (Fsp3) is 0.231. The van der Waals surface area contributed by atoms with Gasteiger partial charge in [0.25, 0.3) is 0 Å². The molecule has 0 aromatic heterocycles. The third-order valence-electron chi connectivity index (χ3n) is 2.59. The lowest BCUT2D eigenvalue weighted by Gasteiger charge is -2.32. The molecule has 1 aliphatic heterocycles. The maximum Gasteiger partial charge on any atom is 0.131 e. The van der Waals surface area contributed by atoms with Gasteiger partial charge in [0.15, 0.2) is 0 Å². The molecule has 78 valence electrons. The Kier molecular flexibility index (Phi) is 2.07. The van der Waals surface area contributed by atoms with E-state index in [-0.39, 0.29) is 11.4 Å². The molecule has 2 heteroatoms. The quantitative estimate of drug-likeness (QED) is 0.758. The van der Waals surface area contributed by atoms with E-state index in [1.54, 1.807) is 18.2 Å². The van der Waals surface area contributed by atoms with Gasteiger partial charge in [-0.25, -0.2) is 0 Å². The Morgan fingerprint density at radius 1 is 1.40 bits per heavy atom. The molecule has 0 atom stereocenters. The average Bonchev–Trinajstić information content (AvgIpc) is 2.15. The van der Waals surface area contributed by atoms with Gasteiger partial charge in [-0.05, 0) is 37.6 Å². The van der Waals surface area contributed by atoms with Crippen LogP contribution in [0.1, 0.15) is 19.4 Å². The fourth-order valence-electron chi connectivity index (χ4n) is 1.71. The Labute approximate surface area is 89.5 Å². The van der Waals surface area contributed by atoms with Gasteiger partial charge in [-0.2, -0.15) is 0 Å². The highest BCUT2D eigenvalue weighted by Crippen LogP contribution is 2.37. The van der Waals surface area contributed by atoms with Gasteiger partial charge in [-0.1, -0.05) is 12.7 Å². The normalized spacial score (nSPS) is 17.3. The second-order valence-electron chi connectivity index (χ2n) is 4.14. The van der Waals surface area contributed by atoms with Crippen LogP contribution in [0.5, 0.6) is 11.5 Å². The fourth-order valence-corrected chi connectivity index (χ4v) is 1.71. The van der Waals surface area contributed by atoms with Gasteiger partial charge in [0.1, 0.15) is 17.1 Å². The molecule has 0 fully saturated rings. The van der Waals surface area contributed by atoms with Crippen LogP contribution in [0.15, 0.2) is 36.4 Å². The number of phenolic OH excluding ortho intramolecular Hbond substituents is 1. The number of ether oxygens (including phenoxy) is 1. The summed E-state index contributed by atoms with van der Waals surface area (Å²) < 4.78 is 5.80. The number of benzene rings is 1. The molecule has 2 rings (SSSR count). The summed E-state index contributed by atoms with van der Waals surface area (Å²) in [6.07, 6.45) is 3.83. The smallest absolute Gasteiger partial charge is 0.131 e. The molecule has 15 heavy (non-hydrogen) atoms. The highest BCUT2D eigenvalue weighted by molar-refractivity contribution is 5.67. The van der Waals surface area contributed by atoms with E-state index in [0.29, 0.717) is 5.75 Å². The van der Waals surface area contributed by atoms with Crippen LogP contribution in [0.2, 0.25) is 0 Å². The zero-order chi connectivity index (χ0) is 11.1. The van der Waals surface area contributed by atoms with Gasteiger partial charge >= 0.3 is 0 Å². The summed E-state index contributed by atoms with van der Waals surface area (Å²) in [5.74, 6) is 0.936. The van der Waals surface area contributed by atoms with Gasteiger partial charge in [0, 0.05) is 11.6 Å². The number of hydrogen-bond acceptors (Lipinski definition) is 2. The molecule has 0 aliphatic carbocycles. The first kappa shape index (κ1) is 9.84. The van der Waals surface area contributed by atoms with Crippen LogP contribution in [0, 0.1) is 0 Å². The van der Waals surface area contributed by atoms with E-state index in [0.717, 1.165) is 11.1 Å². The van der Waals surface area contributed by atoms with Crippen molar-refractivity contribution in [3.05, 3.63) is 42.0 Å². The number of phenols is 1. The van der Waals surface area contributed by atoms with Crippen molar-refractivity contribution in [2.45, 2.75) is 19.4 Å². The second-order valence-corrected chi connectivity index (χ2v) is 4.14. The van der Waals surface area contributed by atoms with Gasteiger partial charge in [-0.3, -0.25) is 0 Å². The number of rotatable bonds is 1. The molecule has 0 saturated heterocycles. The molecule has 1 aliphatic rings. The van der Waals surface area contributed by atoms with Crippen LogP contribution in [-0.4, -0.2) is 10.7 Å². The predicted molar refractivity (Wildman–Crippen MR) is 61.0 cm³/mol. The summed E-state index contributed by atoms with van der Waals surface area (Å²) in [6.45, 7) is 7.73. The van der Waals surface area contributed by atoms with E-state index in [1.807, 2.05) is 26.0 Å². The summed E-state index contributed by atoms with van der Waals surface area (Å²) in [7, 11) is 0. The van der Waals surface area contributed by atoms with E-state index in [9.17, 15) is 5.11 Å². The zero-order valence-corrected chi connectivity index (χ0v) is 8.95. The third-order valence-corrected chi connectivity index (χ3v) is 2.59. The largest absolute Gasteiger partial charge is 0.508 e. The minimum Gasteiger partial charge on any atom is -0.508 e. The lowest BCUT2D eigenvalue weighted by atomic mass is 9.92. The molecule has 0 radical (unpaired) electrons. The first-order valence-corrected chi connectivity index (χ1v) is 4.89. The highest BCUT2D eigenvalue weighted by atomic mass is 16.5. The van der Waals surface area contributed by atoms with Gasteiger partial charge in [-0.15, -0.1) is 0 Å². The molecule has 1 aromatic rings. The topological polar surface area (TPSA) is 29.5 Å². The molecule has 0 spiro atoms. The molecular weight excluding hydrogens is 188 g/mol. The molecule has 2 nitrogen and oxygen atoms in total. The van der Waals surface area contributed by atoms with Crippen LogP contribution in [0.25, 0.3) is 6.08 Å². The Balaban J connectivity index is 2.56. The van der Waals surface area contributed by atoms with E-state index in [4.69, 9.17) is 4.74 Å². The SMILES string of the molecule is C=CC1=Cc2ccc(O)cc2OC1(C)C. The molecular formula is C13H14O2. The van der Waals surface area contributed by atoms with Crippen LogP contribution in [0.3, 0.4) is 0 Å². The van der Waals surface area contributed by atoms with Crippen LogP contribution >= 0.6 is 0 Å². The van der Waals surface area contributed by atoms with Crippen LogP contribution in [-0.2, 0) is 0 Å². The van der Waals surface area contributed by atoms with E-state index >= 15 is 0 Å². The molecule has 0 unspecified atom stereocenters. The number of fused-ring (bicyclic) bond motifs is 1. The second kappa shape index (κ2) is 3.16. The molecule has 1 N–H and O–H groups in total. The van der Waals surface area contributed by atoms with Gasteiger partial charge < -0.3 is 9.84 Å². The summed E-state index contributed by atoms with van der Waals surface area (Å²) >= 11 is 0. The lowest BCUT2D eigenvalue weighted by Crippen LogP contribution is -2.32. The maximum absolute atomic E-state index is 9.36. The number of aromatic hydroxyl groups is 1. The van der Waals surface area contributed by atoms with Crippen LogP contribution in [0.4, 0.5) is 0 Å². The van der Waals surface area contributed by atoms with Crippen molar-refractivity contribution < 1.29 is 9.84 Å². The first-order valence-electron chi connectivity index (χ1n) is 4.89. The molecule has 0 bridgehead atoms. The van der Waals surface area contributed by atoms with Crippen molar-refractivity contribution in [1.82, 2.24) is 0 Å². The number of hydrogen-bond donors (Lipinski definition) is 1. The Hall–Kier alpha value is -1.70. The van der Waals surface area contributed by atoms with Gasteiger partial charge in [0.05, 0.1) is 0 Å². The Bertz CT molecular complexity index is 442. The van der Waals surface area contributed by atoms with Crippen molar-refractivity contribution in [1.29, 1.82) is 0 Å². The Morgan fingerprint density at radius 2 is 2.13 bits per heavy atom. The maximum atomic E-state index is 9.36. The minimum atomic E-state index is -0.386. The minimum absolute atomic E-state index is 0.222. The molecule has 0 amide bonds. The zero-order valence-electron chi connectivity index (χ0n) is 8.95. The average molecular weight is 202 g/mol. The first-order chi connectivity index (χ1) is 7.03. The van der Waals surface area contributed by atoms with Gasteiger partial charge in [0.2, 0.25) is 0 Å². The summed E-state index contributed by atoms with van der Waals surface area (Å²) in [5.41, 5.74) is 1.63. The lowest BCUT2D eigenvalue weighted by molar-refractivity contribution is 0.149. The summed E-state index contributed by atoms with van der Waals surface area (Å²) in [5, 5.41) is 9.36. The molecule has 1 heterocycles. The van der Waals surface area contributed by atoms with E-state index < -0.39 is 0 Å². The van der Waals surface area contributed by atoms with Crippen LogP contribution < -0.4 is 4.74 Å². The monoisotopic (exact) mass is 202 g/mol. The van der Waals surface area contributed by atoms with E-state index in [2.05, 4.69) is 6.58 Å². The third kappa shape index (κ3) is 1.63. The van der Waals surface area contributed by atoms with E-state index in [1.165, 1.54) is 0 Å². The molecule has 0 saturated carbocycles. The van der Waals surface area contributed by atoms with Crippen molar-refractivity contribution in [3.63, 3.8) is 0 Å². The van der Waals surface area contributed by atoms with Crippen molar-refractivity contribution >= 4 is 6.08 Å². The summed E-state index contributed by atoms with van der Waals surface area (Å²) in [6, 6.07) is 5.12. The highest BCUT2D eigenvalue weighted by Gasteiger charge is 2.28. The van der Waals surface area contributed by atoms with Crippen molar-refractivity contribution in [2.75, 3.05) is 0 Å². The summed E-state index contributed by atoms with van der Waals surface area (Å²) in [4.78, 5) is 0. The Morgan fingerprint density at radius 3 is 2.80 bits per heavy atom. The van der Waals surface area contributed by atoms with Crippen molar-refractivity contribution in [2.24, 2.45) is 0 Å². The van der Waals surface area contributed by atoms with Crippen molar-refractivity contribution in [3.8, 4) is 11.5 Å². The molecule has 1 aromatic carbocycles. The predicted octanol–water partition coefficient (Wildman–Crippen LogP) is 3.13. The standard InChI is InChI=1S/C13H14O2/c1-4-10-7-9-5-6-11(14)8-12(9)15-13(10,2)3/h4-8,14H,1H2,2-3H3.